The van der Waals surface area contributed by atoms with Crippen LogP contribution in [0.4, 0.5) is 5.69 Å². The van der Waals surface area contributed by atoms with Gasteiger partial charge in [0.25, 0.3) is 0 Å². The minimum Gasteiger partial charge on any atom is -0.506 e. The van der Waals surface area contributed by atoms with E-state index in [0.717, 1.165) is 11.1 Å². The molecule has 1 amide bonds. The second-order valence-electron chi connectivity index (χ2n) is 4.77. The Hall–Kier alpha value is -1.71. The molecule has 0 unspecified atom stereocenters. The van der Waals surface area contributed by atoms with E-state index in [1.807, 2.05) is 6.92 Å². The lowest BCUT2D eigenvalue weighted by Crippen LogP contribution is -2.12. The van der Waals surface area contributed by atoms with Crippen molar-refractivity contribution >= 4 is 34.8 Å². The summed E-state index contributed by atoms with van der Waals surface area (Å²) in [7, 11) is 0. The van der Waals surface area contributed by atoms with Crippen molar-refractivity contribution in [3.63, 3.8) is 0 Å². The van der Waals surface area contributed by atoms with E-state index in [2.05, 4.69) is 5.32 Å². The maximum atomic E-state index is 12.0. The number of carbonyl (C=O) groups excluding carboxylic acids is 1. The number of rotatable bonds is 4. The molecule has 2 N–H and O–H groups in total. The number of phenolic OH excluding ortho intramolecular Hbond substituents is 1. The number of benzene rings is 2. The van der Waals surface area contributed by atoms with Gasteiger partial charge in [-0.3, -0.25) is 4.79 Å². The topological polar surface area (TPSA) is 49.3 Å². The third-order valence-electron chi connectivity index (χ3n) is 3.09. The largest absolute Gasteiger partial charge is 0.506 e. The average molecular weight is 324 g/mol. The van der Waals surface area contributed by atoms with Crippen LogP contribution < -0.4 is 5.32 Å². The lowest BCUT2D eigenvalue weighted by Gasteiger charge is -2.09. The molecular formula is C16H15Cl2NO2. The van der Waals surface area contributed by atoms with Crippen LogP contribution in [0.5, 0.6) is 5.75 Å². The summed E-state index contributed by atoms with van der Waals surface area (Å²) in [5.41, 5.74) is 2.12. The fourth-order valence-corrected chi connectivity index (χ4v) is 2.56. The molecule has 0 saturated heterocycles. The van der Waals surface area contributed by atoms with Crippen LogP contribution in [-0.4, -0.2) is 11.0 Å². The summed E-state index contributed by atoms with van der Waals surface area (Å²) in [5, 5.41) is 13.5. The second kappa shape index (κ2) is 6.83. The molecule has 2 aromatic carbocycles. The van der Waals surface area contributed by atoms with E-state index in [4.69, 9.17) is 23.2 Å². The number of phenols is 1. The van der Waals surface area contributed by atoms with Crippen molar-refractivity contribution in [2.75, 3.05) is 5.32 Å². The summed E-state index contributed by atoms with van der Waals surface area (Å²) >= 11 is 12.1. The SMILES string of the molecule is Cc1ccc(O)c(NC(=O)CCc2c(Cl)cccc2Cl)c1. The number of amides is 1. The van der Waals surface area contributed by atoms with Gasteiger partial charge in [-0.15, -0.1) is 0 Å². The van der Waals surface area contributed by atoms with Crippen molar-refractivity contribution in [3.05, 3.63) is 57.6 Å². The number of nitrogens with one attached hydrogen (secondary N) is 1. The van der Waals surface area contributed by atoms with Crippen LogP contribution in [0, 0.1) is 6.92 Å². The molecule has 0 fully saturated rings. The van der Waals surface area contributed by atoms with Crippen molar-refractivity contribution in [3.8, 4) is 5.75 Å². The van der Waals surface area contributed by atoms with E-state index < -0.39 is 0 Å². The Bertz CT molecular complexity index is 651. The first-order valence-electron chi connectivity index (χ1n) is 6.49. The van der Waals surface area contributed by atoms with Gasteiger partial charge in [-0.1, -0.05) is 35.3 Å². The second-order valence-corrected chi connectivity index (χ2v) is 5.58. The summed E-state index contributed by atoms with van der Waals surface area (Å²) in [6.07, 6.45) is 0.674. The number of halogens is 2. The van der Waals surface area contributed by atoms with Crippen LogP contribution in [0.25, 0.3) is 0 Å². The van der Waals surface area contributed by atoms with Gasteiger partial charge in [-0.2, -0.15) is 0 Å². The van der Waals surface area contributed by atoms with E-state index in [1.54, 1.807) is 36.4 Å². The van der Waals surface area contributed by atoms with Gasteiger partial charge < -0.3 is 10.4 Å². The Morgan fingerprint density at radius 1 is 1.19 bits per heavy atom. The molecule has 0 heterocycles. The molecule has 0 radical (unpaired) electrons. The molecular weight excluding hydrogens is 309 g/mol. The molecule has 0 atom stereocenters. The smallest absolute Gasteiger partial charge is 0.224 e. The first kappa shape index (κ1) is 15.7. The van der Waals surface area contributed by atoms with E-state index in [1.165, 1.54) is 0 Å². The molecule has 5 heteroatoms. The van der Waals surface area contributed by atoms with Crippen molar-refractivity contribution in [1.82, 2.24) is 0 Å². The first-order chi connectivity index (χ1) is 9.97. The summed E-state index contributed by atoms with van der Waals surface area (Å²) in [6, 6.07) is 10.3. The molecule has 21 heavy (non-hydrogen) atoms. The third kappa shape index (κ3) is 4.13. The number of aryl methyl sites for hydroxylation is 1. The molecule has 0 aliphatic heterocycles. The Balaban J connectivity index is 2.01. The van der Waals surface area contributed by atoms with Crippen molar-refractivity contribution in [1.29, 1.82) is 0 Å². The maximum Gasteiger partial charge on any atom is 0.224 e. The number of carbonyl (C=O) groups is 1. The summed E-state index contributed by atoms with van der Waals surface area (Å²) in [6.45, 7) is 1.89. The summed E-state index contributed by atoms with van der Waals surface area (Å²) < 4.78 is 0. The van der Waals surface area contributed by atoms with Gasteiger partial charge in [0.15, 0.2) is 0 Å². The zero-order valence-corrected chi connectivity index (χ0v) is 13.0. The van der Waals surface area contributed by atoms with Crippen LogP contribution in [0.3, 0.4) is 0 Å². The maximum absolute atomic E-state index is 12.0. The number of anilines is 1. The molecule has 0 aliphatic carbocycles. The Kier molecular flexibility index (Phi) is 5.10. The van der Waals surface area contributed by atoms with Gasteiger partial charge in [0.05, 0.1) is 5.69 Å². The van der Waals surface area contributed by atoms with Crippen molar-refractivity contribution < 1.29 is 9.90 Å². The van der Waals surface area contributed by atoms with E-state index >= 15 is 0 Å². The highest BCUT2D eigenvalue weighted by Crippen LogP contribution is 2.27. The minimum atomic E-state index is -0.202. The predicted octanol–water partition coefficient (Wildman–Crippen LogP) is 4.58. The highest BCUT2D eigenvalue weighted by atomic mass is 35.5. The van der Waals surface area contributed by atoms with Crippen LogP contribution in [0.1, 0.15) is 17.5 Å². The monoisotopic (exact) mass is 323 g/mol. The molecule has 0 aliphatic rings. The molecule has 0 saturated carbocycles. The molecule has 2 aromatic rings. The number of aromatic hydroxyl groups is 1. The quantitative estimate of drug-likeness (QED) is 0.809. The van der Waals surface area contributed by atoms with E-state index in [-0.39, 0.29) is 18.1 Å². The zero-order chi connectivity index (χ0) is 15.4. The Morgan fingerprint density at radius 2 is 1.86 bits per heavy atom. The standard InChI is InChI=1S/C16H15Cl2NO2/c1-10-5-7-15(20)14(9-10)19-16(21)8-6-11-12(17)3-2-4-13(11)18/h2-5,7,9,20H,6,8H2,1H3,(H,19,21). The number of hydrogen-bond acceptors (Lipinski definition) is 2. The van der Waals surface area contributed by atoms with Gasteiger partial charge in [0.1, 0.15) is 5.75 Å². The van der Waals surface area contributed by atoms with Gasteiger partial charge in [-0.05, 0) is 48.7 Å². The van der Waals surface area contributed by atoms with Gasteiger partial charge in [0, 0.05) is 16.5 Å². The van der Waals surface area contributed by atoms with Gasteiger partial charge >= 0.3 is 0 Å². The van der Waals surface area contributed by atoms with Crippen LogP contribution in [-0.2, 0) is 11.2 Å². The van der Waals surface area contributed by atoms with Crippen molar-refractivity contribution in [2.45, 2.75) is 19.8 Å². The highest BCUT2D eigenvalue weighted by Gasteiger charge is 2.10. The molecule has 110 valence electrons. The molecule has 0 spiro atoms. The lowest BCUT2D eigenvalue weighted by molar-refractivity contribution is -0.116. The van der Waals surface area contributed by atoms with Crippen molar-refractivity contribution in [2.24, 2.45) is 0 Å². The highest BCUT2D eigenvalue weighted by molar-refractivity contribution is 6.36. The fourth-order valence-electron chi connectivity index (χ4n) is 1.97. The van der Waals surface area contributed by atoms with Crippen LogP contribution in [0.2, 0.25) is 10.0 Å². The average Bonchev–Trinajstić information content (AvgIpc) is 2.42. The fraction of sp³-hybridized carbons (Fsp3) is 0.188. The van der Waals surface area contributed by atoms with Crippen LogP contribution in [0.15, 0.2) is 36.4 Å². The lowest BCUT2D eigenvalue weighted by atomic mass is 10.1. The van der Waals surface area contributed by atoms with E-state index in [9.17, 15) is 9.90 Å². The molecule has 0 bridgehead atoms. The molecule has 2 rings (SSSR count). The minimum absolute atomic E-state index is 0.0460. The Labute approximate surface area is 133 Å². The molecule has 0 aromatic heterocycles. The normalized spacial score (nSPS) is 10.4. The van der Waals surface area contributed by atoms with Gasteiger partial charge in [-0.25, -0.2) is 0 Å². The number of hydrogen-bond donors (Lipinski definition) is 2. The predicted molar refractivity (Wildman–Crippen MR) is 86.3 cm³/mol. The Morgan fingerprint density at radius 3 is 2.52 bits per heavy atom. The van der Waals surface area contributed by atoms with E-state index in [0.29, 0.717) is 22.2 Å². The first-order valence-corrected chi connectivity index (χ1v) is 7.25. The molecule has 3 nitrogen and oxygen atoms in total. The summed E-state index contributed by atoms with van der Waals surface area (Å²) in [4.78, 5) is 12.0. The van der Waals surface area contributed by atoms with Gasteiger partial charge in [0.2, 0.25) is 5.91 Å². The summed E-state index contributed by atoms with van der Waals surface area (Å²) in [5.74, 6) is -0.156. The zero-order valence-electron chi connectivity index (χ0n) is 11.5. The van der Waals surface area contributed by atoms with Crippen LogP contribution >= 0.6 is 23.2 Å². The third-order valence-corrected chi connectivity index (χ3v) is 3.80.